The van der Waals surface area contributed by atoms with Gasteiger partial charge in [-0.2, -0.15) is 0 Å². The van der Waals surface area contributed by atoms with Crippen molar-refractivity contribution in [1.29, 1.82) is 0 Å². The van der Waals surface area contributed by atoms with Crippen LogP contribution in [0.2, 0.25) is 5.02 Å². The van der Waals surface area contributed by atoms with Crippen molar-refractivity contribution in [1.82, 2.24) is 4.90 Å². The van der Waals surface area contributed by atoms with Crippen molar-refractivity contribution in [3.63, 3.8) is 0 Å². The van der Waals surface area contributed by atoms with Gasteiger partial charge in [-0.25, -0.2) is 4.79 Å². The number of Topliss-reactive ketones (excluding diaryl/α,β-unsaturated/α-hetero) is 1. The number of nitrogens with zero attached hydrogens (tertiary/aromatic N) is 1. The first-order chi connectivity index (χ1) is 18.0. The molecule has 1 aromatic carbocycles. The van der Waals surface area contributed by atoms with Crippen LogP contribution in [0.1, 0.15) is 44.5 Å². The lowest BCUT2D eigenvalue weighted by Crippen LogP contribution is -2.55. The summed E-state index contributed by atoms with van der Waals surface area (Å²) >= 11 is 6.60. The van der Waals surface area contributed by atoms with Crippen molar-refractivity contribution in [2.45, 2.75) is 57.9 Å². The summed E-state index contributed by atoms with van der Waals surface area (Å²) in [5.41, 5.74) is -0.245. The van der Waals surface area contributed by atoms with E-state index in [1.54, 1.807) is 30.4 Å². The fraction of sp³-hybridized carbons (Fsp3) is 0.536. The van der Waals surface area contributed by atoms with Crippen molar-refractivity contribution >= 4 is 35.0 Å². The summed E-state index contributed by atoms with van der Waals surface area (Å²) in [5.74, 6) is -1.23. The predicted molar refractivity (Wildman–Crippen MR) is 144 cm³/mol. The highest BCUT2D eigenvalue weighted by molar-refractivity contribution is 6.36. The first-order valence-electron chi connectivity index (χ1n) is 12.6. The number of rotatable bonds is 10. The smallest absolute Gasteiger partial charge is 0.340 e. The van der Waals surface area contributed by atoms with Gasteiger partial charge in [0.15, 0.2) is 17.5 Å². The third kappa shape index (κ3) is 5.90. The number of carbonyl (C=O) groups excluding carboxylic acids is 3. The fourth-order valence-corrected chi connectivity index (χ4v) is 5.44. The number of halogens is 1. The van der Waals surface area contributed by atoms with E-state index >= 15 is 0 Å². The highest BCUT2D eigenvalue weighted by atomic mass is 35.5. The summed E-state index contributed by atoms with van der Waals surface area (Å²) in [6, 6.07) is 4.93. The Hall–Kier alpha value is -2.88. The molecule has 10 heteroatoms. The van der Waals surface area contributed by atoms with Crippen molar-refractivity contribution in [3.05, 3.63) is 52.3 Å². The largest absolute Gasteiger partial charge is 0.497 e. The van der Waals surface area contributed by atoms with Crippen LogP contribution in [0.15, 0.2) is 41.7 Å². The maximum Gasteiger partial charge on any atom is 0.340 e. The molecule has 4 atom stereocenters. The van der Waals surface area contributed by atoms with E-state index in [0.717, 1.165) is 0 Å². The number of esters is 2. The average Bonchev–Trinajstić information content (AvgIpc) is 3.22. The van der Waals surface area contributed by atoms with E-state index < -0.39 is 23.6 Å². The van der Waals surface area contributed by atoms with Gasteiger partial charge in [-0.3, -0.25) is 14.5 Å². The summed E-state index contributed by atoms with van der Waals surface area (Å²) < 4.78 is 23.0. The zero-order chi connectivity index (χ0) is 28.2. The van der Waals surface area contributed by atoms with Crippen molar-refractivity contribution in [3.8, 4) is 0 Å². The van der Waals surface area contributed by atoms with Crippen LogP contribution in [0.3, 0.4) is 0 Å². The molecular weight excluding hydrogens is 512 g/mol. The van der Waals surface area contributed by atoms with E-state index in [2.05, 4.69) is 10.2 Å². The Kier molecular flexibility index (Phi) is 9.62. The molecule has 2 aliphatic rings. The second kappa shape index (κ2) is 12.3. The normalized spacial score (nSPS) is 25.4. The Morgan fingerprint density at radius 3 is 2.50 bits per heavy atom. The number of ether oxygens (including phenoxy) is 4. The van der Waals surface area contributed by atoms with Crippen LogP contribution in [0, 0.1) is 5.92 Å². The van der Waals surface area contributed by atoms with Gasteiger partial charge in [0, 0.05) is 31.6 Å². The molecule has 208 valence electrons. The van der Waals surface area contributed by atoms with Crippen molar-refractivity contribution in [2.75, 3.05) is 39.7 Å². The van der Waals surface area contributed by atoms with Crippen LogP contribution in [0.5, 0.6) is 0 Å². The predicted octanol–water partition coefficient (Wildman–Crippen LogP) is 4.01. The molecule has 1 N–H and O–H groups in total. The molecule has 0 amide bonds. The minimum absolute atomic E-state index is 0.0911. The molecule has 38 heavy (non-hydrogen) atoms. The van der Waals surface area contributed by atoms with Crippen LogP contribution in [0.4, 0.5) is 5.69 Å². The number of ketones is 1. The molecular formula is C28H37ClN2O7. The van der Waals surface area contributed by atoms with Crippen LogP contribution in [-0.2, 0) is 28.5 Å². The number of nitrogens with one attached hydrogen (secondary N) is 1. The van der Waals surface area contributed by atoms with Crippen LogP contribution < -0.4 is 5.32 Å². The molecule has 1 aliphatic heterocycles. The van der Waals surface area contributed by atoms with Gasteiger partial charge in [0.1, 0.15) is 12.4 Å². The van der Waals surface area contributed by atoms with Gasteiger partial charge < -0.3 is 24.3 Å². The number of anilines is 1. The highest BCUT2D eigenvalue weighted by Crippen LogP contribution is 2.43. The maximum absolute atomic E-state index is 13.6. The molecule has 0 spiro atoms. The summed E-state index contributed by atoms with van der Waals surface area (Å²) in [5, 5.41) is 3.43. The minimum atomic E-state index is -1.58. The van der Waals surface area contributed by atoms with Crippen LogP contribution >= 0.6 is 11.6 Å². The average molecular weight is 549 g/mol. The molecule has 1 aromatic rings. The van der Waals surface area contributed by atoms with Gasteiger partial charge in [-0.15, -0.1) is 0 Å². The number of likely N-dealkylation sites (N-methyl/N-ethyl adjacent to an activating group) is 1. The summed E-state index contributed by atoms with van der Waals surface area (Å²) in [4.78, 5) is 40.4. The Labute approximate surface area is 229 Å². The summed E-state index contributed by atoms with van der Waals surface area (Å²) in [7, 11) is 4.85. The molecule has 1 fully saturated rings. The van der Waals surface area contributed by atoms with Gasteiger partial charge >= 0.3 is 11.9 Å². The lowest BCUT2D eigenvalue weighted by atomic mass is 9.75. The molecule has 1 heterocycles. The first-order valence-corrected chi connectivity index (χ1v) is 13.0. The van der Waals surface area contributed by atoms with Gasteiger partial charge in [0.05, 0.1) is 29.4 Å². The quantitative estimate of drug-likeness (QED) is 0.434. The van der Waals surface area contributed by atoms with Crippen molar-refractivity contribution < 1.29 is 33.3 Å². The van der Waals surface area contributed by atoms with E-state index in [-0.39, 0.29) is 41.0 Å². The molecule has 0 aromatic heterocycles. The van der Waals surface area contributed by atoms with E-state index in [1.807, 2.05) is 20.9 Å². The SMILES string of the molecule is COC1=C([C@@H]2CCN(C)[C@H]2COC(C)=O)C(OC(=O)c2cccc(NC(C)C)c2Cl)C(OC)(C(C)=O)C=C1. The van der Waals surface area contributed by atoms with E-state index in [1.165, 1.54) is 28.1 Å². The standard InChI is InChI=1S/C28H37ClN2O7/c1-16(2)30-21-10-8-9-20(25(21)29)27(34)38-26-24(19-12-14-31(5)22(19)15-37-18(4)33)23(35-6)11-13-28(26,36-7)17(3)32/h8-11,13,16,19,22,26,30H,12,14-15H2,1-7H3/t19-,22+,26?,28?/m1/s1. The lowest BCUT2D eigenvalue weighted by molar-refractivity contribution is -0.144. The van der Waals surface area contributed by atoms with Crippen LogP contribution in [-0.4, -0.2) is 80.8 Å². The molecule has 0 saturated carbocycles. The third-order valence-corrected chi connectivity index (χ3v) is 7.52. The molecule has 9 nitrogen and oxygen atoms in total. The number of carbonyl (C=O) groups is 3. The molecule has 3 rings (SSSR count). The van der Waals surface area contributed by atoms with E-state index in [0.29, 0.717) is 30.0 Å². The molecule has 0 bridgehead atoms. The first kappa shape index (κ1) is 29.7. The monoisotopic (exact) mass is 548 g/mol. The molecule has 1 saturated heterocycles. The maximum atomic E-state index is 13.6. The molecule has 0 radical (unpaired) electrons. The number of likely N-dealkylation sites (tertiary alicyclic amines) is 1. The Balaban J connectivity index is 2.10. The highest BCUT2D eigenvalue weighted by Gasteiger charge is 2.53. The molecule has 2 unspecified atom stereocenters. The van der Waals surface area contributed by atoms with Gasteiger partial charge in [-0.05, 0) is 65.1 Å². The van der Waals surface area contributed by atoms with E-state index in [9.17, 15) is 14.4 Å². The number of hydrogen-bond acceptors (Lipinski definition) is 9. The van der Waals surface area contributed by atoms with Gasteiger partial charge in [0.2, 0.25) is 0 Å². The number of benzene rings is 1. The van der Waals surface area contributed by atoms with Gasteiger partial charge in [0.25, 0.3) is 0 Å². The summed E-state index contributed by atoms with van der Waals surface area (Å²) in [6.45, 7) is 7.51. The van der Waals surface area contributed by atoms with Crippen molar-refractivity contribution in [2.24, 2.45) is 5.92 Å². The number of allylic oxidation sites excluding steroid dienone is 1. The number of hydrogen-bond donors (Lipinski definition) is 1. The minimum Gasteiger partial charge on any atom is -0.497 e. The zero-order valence-corrected chi connectivity index (χ0v) is 23.8. The van der Waals surface area contributed by atoms with E-state index in [4.69, 9.17) is 30.5 Å². The summed E-state index contributed by atoms with van der Waals surface area (Å²) in [6.07, 6.45) is 2.75. The van der Waals surface area contributed by atoms with Gasteiger partial charge in [-0.1, -0.05) is 17.7 Å². The Morgan fingerprint density at radius 2 is 1.92 bits per heavy atom. The zero-order valence-electron chi connectivity index (χ0n) is 23.0. The lowest BCUT2D eigenvalue weighted by Gasteiger charge is -2.41. The topological polar surface area (TPSA) is 103 Å². The third-order valence-electron chi connectivity index (χ3n) is 7.11. The second-order valence-electron chi connectivity index (χ2n) is 9.91. The van der Waals surface area contributed by atoms with Crippen LogP contribution in [0.25, 0.3) is 0 Å². The fourth-order valence-electron chi connectivity index (χ4n) is 5.18. The molecule has 1 aliphatic carbocycles. The number of methoxy groups -OCH3 is 2. The second-order valence-corrected chi connectivity index (χ2v) is 10.3. The Morgan fingerprint density at radius 1 is 1.21 bits per heavy atom. The Bertz CT molecular complexity index is 1130.